The Morgan fingerprint density at radius 3 is 2.75 bits per heavy atom. The van der Waals surface area contributed by atoms with E-state index in [0.29, 0.717) is 21.6 Å². The fourth-order valence-electron chi connectivity index (χ4n) is 1.63. The minimum Gasteiger partial charge on any atom is -0.497 e. The van der Waals surface area contributed by atoms with Crippen LogP contribution < -0.4 is 15.8 Å². The molecule has 0 spiro atoms. The highest BCUT2D eigenvalue weighted by molar-refractivity contribution is 9.10. The quantitative estimate of drug-likeness (QED) is 0.842. The topological polar surface area (TPSA) is 64.3 Å². The molecule has 2 aromatic carbocycles. The number of nitrogens with one attached hydrogen (secondary N) is 1. The number of carbonyl (C=O) groups is 1. The second kappa shape index (κ2) is 5.92. The highest BCUT2D eigenvalue weighted by atomic mass is 79.9. The molecule has 0 aliphatic rings. The zero-order chi connectivity index (χ0) is 14.7. The Kier molecular flexibility index (Phi) is 4.24. The van der Waals surface area contributed by atoms with Crippen LogP contribution in [0.1, 0.15) is 10.4 Å². The zero-order valence-corrected chi connectivity index (χ0v) is 12.2. The van der Waals surface area contributed by atoms with E-state index in [1.165, 1.54) is 25.3 Å². The van der Waals surface area contributed by atoms with Crippen molar-refractivity contribution in [3.63, 3.8) is 0 Å². The maximum Gasteiger partial charge on any atom is 0.258 e. The summed E-state index contributed by atoms with van der Waals surface area (Å²) in [5.41, 5.74) is 6.44. The van der Waals surface area contributed by atoms with Crippen LogP contribution in [-0.2, 0) is 0 Å². The number of nitrogen functional groups attached to an aromatic ring is 1. The Labute approximate surface area is 123 Å². The van der Waals surface area contributed by atoms with E-state index in [0.717, 1.165) is 0 Å². The van der Waals surface area contributed by atoms with Gasteiger partial charge in [-0.25, -0.2) is 4.39 Å². The number of amides is 1. The Hall–Kier alpha value is -2.08. The molecule has 2 rings (SSSR count). The number of methoxy groups -OCH3 is 1. The highest BCUT2D eigenvalue weighted by Gasteiger charge is 2.14. The second-order valence-electron chi connectivity index (χ2n) is 4.03. The molecule has 0 saturated carbocycles. The summed E-state index contributed by atoms with van der Waals surface area (Å²) in [5.74, 6) is -0.639. The lowest BCUT2D eigenvalue weighted by molar-refractivity contribution is 0.102. The third-order valence-electron chi connectivity index (χ3n) is 2.68. The lowest BCUT2D eigenvalue weighted by atomic mass is 10.2. The van der Waals surface area contributed by atoms with E-state index >= 15 is 0 Å². The average molecular weight is 339 g/mol. The summed E-state index contributed by atoms with van der Waals surface area (Å²) in [6.07, 6.45) is 0. The van der Waals surface area contributed by atoms with Gasteiger partial charge in [0.15, 0.2) is 0 Å². The van der Waals surface area contributed by atoms with E-state index in [2.05, 4.69) is 21.2 Å². The van der Waals surface area contributed by atoms with Gasteiger partial charge in [0.1, 0.15) is 11.6 Å². The Morgan fingerprint density at radius 2 is 2.05 bits per heavy atom. The first-order valence-corrected chi connectivity index (χ1v) is 6.50. The van der Waals surface area contributed by atoms with Gasteiger partial charge in [0.25, 0.3) is 5.91 Å². The van der Waals surface area contributed by atoms with E-state index in [1.807, 2.05) is 0 Å². The number of benzene rings is 2. The zero-order valence-electron chi connectivity index (χ0n) is 10.6. The fourth-order valence-corrected chi connectivity index (χ4v) is 1.99. The van der Waals surface area contributed by atoms with Gasteiger partial charge in [-0.1, -0.05) is 15.9 Å². The van der Waals surface area contributed by atoms with Crippen LogP contribution >= 0.6 is 15.9 Å². The molecule has 2 aromatic rings. The summed E-state index contributed by atoms with van der Waals surface area (Å²) in [6.45, 7) is 0. The molecule has 1 amide bonds. The van der Waals surface area contributed by atoms with Crippen molar-refractivity contribution in [1.82, 2.24) is 0 Å². The first-order chi connectivity index (χ1) is 9.51. The van der Waals surface area contributed by atoms with Gasteiger partial charge < -0.3 is 15.8 Å². The molecule has 0 heterocycles. The van der Waals surface area contributed by atoms with Gasteiger partial charge >= 0.3 is 0 Å². The molecule has 6 heteroatoms. The fraction of sp³-hybridized carbons (Fsp3) is 0.0714. The average Bonchev–Trinajstić information content (AvgIpc) is 2.43. The summed E-state index contributed by atoms with van der Waals surface area (Å²) >= 11 is 3.20. The van der Waals surface area contributed by atoms with Gasteiger partial charge in [-0.3, -0.25) is 4.79 Å². The van der Waals surface area contributed by atoms with Crippen molar-refractivity contribution in [1.29, 1.82) is 0 Å². The molecule has 0 aliphatic heterocycles. The van der Waals surface area contributed by atoms with Crippen LogP contribution in [0.5, 0.6) is 5.75 Å². The number of halogens is 2. The summed E-state index contributed by atoms with van der Waals surface area (Å²) in [7, 11) is 1.51. The summed E-state index contributed by atoms with van der Waals surface area (Å²) in [5, 5.41) is 2.56. The van der Waals surface area contributed by atoms with Crippen molar-refractivity contribution >= 4 is 33.2 Å². The minimum absolute atomic E-state index is 0.0680. The number of anilines is 2. The third kappa shape index (κ3) is 3.08. The van der Waals surface area contributed by atoms with E-state index < -0.39 is 11.7 Å². The molecule has 0 saturated heterocycles. The Bertz CT molecular complexity index is 662. The normalized spacial score (nSPS) is 10.2. The molecule has 0 atom stereocenters. The van der Waals surface area contributed by atoms with E-state index in [-0.39, 0.29) is 5.56 Å². The van der Waals surface area contributed by atoms with Crippen molar-refractivity contribution in [3.8, 4) is 5.75 Å². The molecular weight excluding hydrogens is 327 g/mol. The summed E-state index contributed by atoms with van der Waals surface area (Å²) < 4.78 is 19.3. The van der Waals surface area contributed by atoms with Crippen LogP contribution in [0.4, 0.5) is 15.8 Å². The van der Waals surface area contributed by atoms with Crippen molar-refractivity contribution in [2.75, 3.05) is 18.2 Å². The van der Waals surface area contributed by atoms with Crippen molar-refractivity contribution in [3.05, 3.63) is 52.3 Å². The van der Waals surface area contributed by atoms with Gasteiger partial charge in [0.2, 0.25) is 0 Å². The molecule has 0 fully saturated rings. The van der Waals surface area contributed by atoms with Gasteiger partial charge in [0.05, 0.1) is 24.0 Å². The molecule has 0 radical (unpaired) electrons. The Balaban J connectivity index is 2.30. The lowest BCUT2D eigenvalue weighted by Crippen LogP contribution is -2.15. The first-order valence-electron chi connectivity index (χ1n) is 5.71. The van der Waals surface area contributed by atoms with Crippen LogP contribution in [0.2, 0.25) is 0 Å². The van der Waals surface area contributed by atoms with Crippen LogP contribution in [0.3, 0.4) is 0 Å². The third-order valence-corrected chi connectivity index (χ3v) is 3.17. The molecule has 0 aliphatic carbocycles. The second-order valence-corrected chi connectivity index (χ2v) is 4.95. The van der Waals surface area contributed by atoms with Crippen molar-refractivity contribution in [2.24, 2.45) is 0 Å². The Morgan fingerprint density at radius 1 is 1.30 bits per heavy atom. The maximum absolute atomic E-state index is 13.6. The van der Waals surface area contributed by atoms with Crippen LogP contribution in [0, 0.1) is 5.82 Å². The van der Waals surface area contributed by atoms with Crippen LogP contribution in [0.25, 0.3) is 0 Å². The minimum atomic E-state index is -0.604. The van der Waals surface area contributed by atoms with E-state index in [1.54, 1.807) is 18.2 Å². The molecule has 0 unspecified atom stereocenters. The number of rotatable bonds is 3. The van der Waals surface area contributed by atoms with Gasteiger partial charge in [-0.15, -0.1) is 0 Å². The van der Waals surface area contributed by atoms with E-state index in [9.17, 15) is 9.18 Å². The summed E-state index contributed by atoms with van der Waals surface area (Å²) in [6, 6.07) is 8.99. The van der Waals surface area contributed by atoms with Crippen molar-refractivity contribution < 1.29 is 13.9 Å². The van der Waals surface area contributed by atoms with Gasteiger partial charge in [-0.05, 0) is 30.3 Å². The lowest BCUT2D eigenvalue weighted by Gasteiger charge is -2.10. The number of hydrogen-bond acceptors (Lipinski definition) is 3. The predicted molar refractivity (Wildman–Crippen MR) is 79.5 cm³/mol. The standard InChI is InChI=1S/C14H12BrFN2O2/c1-20-9-3-5-12(17)13(7-9)18-14(19)10-6-8(15)2-4-11(10)16/h2-7H,17H2,1H3,(H,18,19). The monoisotopic (exact) mass is 338 g/mol. The van der Waals surface area contributed by atoms with Crippen LogP contribution in [-0.4, -0.2) is 13.0 Å². The molecule has 20 heavy (non-hydrogen) atoms. The predicted octanol–water partition coefficient (Wildman–Crippen LogP) is 3.43. The first kappa shape index (κ1) is 14.3. The number of carbonyl (C=O) groups excluding carboxylic acids is 1. The molecule has 0 aromatic heterocycles. The summed E-state index contributed by atoms with van der Waals surface area (Å²) in [4.78, 5) is 12.1. The molecule has 4 nitrogen and oxygen atoms in total. The number of hydrogen-bond donors (Lipinski definition) is 2. The highest BCUT2D eigenvalue weighted by Crippen LogP contribution is 2.25. The number of nitrogens with two attached hydrogens (primary N) is 1. The van der Waals surface area contributed by atoms with Crippen molar-refractivity contribution in [2.45, 2.75) is 0 Å². The van der Waals surface area contributed by atoms with Gasteiger partial charge in [0, 0.05) is 10.5 Å². The SMILES string of the molecule is COc1ccc(N)c(NC(=O)c2cc(Br)ccc2F)c1. The molecular formula is C14H12BrFN2O2. The molecule has 104 valence electrons. The number of ether oxygens (including phenoxy) is 1. The molecule has 0 bridgehead atoms. The largest absolute Gasteiger partial charge is 0.497 e. The smallest absolute Gasteiger partial charge is 0.258 e. The molecule has 3 N–H and O–H groups in total. The van der Waals surface area contributed by atoms with E-state index in [4.69, 9.17) is 10.5 Å². The van der Waals surface area contributed by atoms with Crippen LogP contribution in [0.15, 0.2) is 40.9 Å². The van der Waals surface area contributed by atoms with Gasteiger partial charge in [-0.2, -0.15) is 0 Å². The maximum atomic E-state index is 13.6.